The molecule has 0 fully saturated rings. The molecule has 0 saturated heterocycles. The molecule has 0 spiro atoms. The lowest BCUT2D eigenvalue weighted by molar-refractivity contribution is 0.105. The van der Waals surface area contributed by atoms with Crippen LogP contribution >= 0.6 is 0 Å². The highest BCUT2D eigenvalue weighted by Crippen LogP contribution is 2.59. The molecule has 1 heteroatoms. The summed E-state index contributed by atoms with van der Waals surface area (Å²) >= 11 is 0. The number of fused-ring (bicyclic) bond motifs is 1. The molecule has 0 amide bonds. The van der Waals surface area contributed by atoms with Crippen molar-refractivity contribution in [2.45, 2.75) is 264 Å². The minimum atomic E-state index is 0.309. The average molecular weight is 680 g/mol. The number of unbranched alkanes of at least 4 members (excludes halogenated alkanes) is 28. The van der Waals surface area contributed by atoms with E-state index in [-0.39, 0.29) is 0 Å². The second-order valence-corrected chi connectivity index (χ2v) is 16.8. The molecule has 2 rings (SSSR count). The van der Waals surface area contributed by atoms with Gasteiger partial charge in [-0.2, -0.15) is 0 Å². The van der Waals surface area contributed by atoms with Crippen LogP contribution in [0, 0.1) is 5.41 Å². The first kappa shape index (κ1) is 44.2. The van der Waals surface area contributed by atoms with Crippen molar-refractivity contribution in [3.05, 3.63) is 29.6 Å². The van der Waals surface area contributed by atoms with Crippen molar-refractivity contribution < 1.29 is 0 Å². The van der Waals surface area contributed by atoms with Crippen LogP contribution in [-0.4, -0.2) is 4.98 Å². The van der Waals surface area contributed by atoms with Crippen LogP contribution in [0.5, 0.6) is 0 Å². The van der Waals surface area contributed by atoms with E-state index in [1.165, 1.54) is 237 Å². The fraction of sp³-hybridized carbons (Fsp3) is 0.875. The van der Waals surface area contributed by atoms with Gasteiger partial charge in [-0.15, -0.1) is 0 Å². The van der Waals surface area contributed by atoms with Gasteiger partial charge in [-0.1, -0.05) is 239 Å². The molecule has 1 aromatic rings. The van der Waals surface area contributed by atoms with E-state index < -0.39 is 0 Å². The molecule has 0 atom stereocenters. The van der Waals surface area contributed by atoms with Crippen molar-refractivity contribution in [2.75, 3.05) is 0 Å². The molecule has 0 bridgehead atoms. The number of H-pyrrole nitrogens is 1. The van der Waals surface area contributed by atoms with Gasteiger partial charge in [0.2, 0.25) is 0 Å². The summed E-state index contributed by atoms with van der Waals surface area (Å²) in [6.07, 6.45) is 58.9. The maximum absolute atomic E-state index is 3.73. The molecule has 0 aromatic carbocycles. The Morgan fingerprint density at radius 1 is 0.388 bits per heavy atom. The lowest BCUT2D eigenvalue weighted by atomic mass is 9.50. The summed E-state index contributed by atoms with van der Waals surface area (Å²) < 4.78 is 0. The van der Waals surface area contributed by atoms with E-state index in [2.05, 4.69) is 57.1 Å². The van der Waals surface area contributed by atoms with E-state index in [9.17, 15) is 0 Å². The van der Waals surface area contributed by atoms with Crippen LogP contribution in [0.4, 0.5) is 0 Å². The summed E-state index contributed by atoms with van der Waals surface area (Å²) in [5.41, 5.74) is 3.79. The van der Waals surface area contributed by atoms with Crippen LogP contribution in [0.3, 0.4) is 0 Å². The minimum absolute atomic E-state index is 0.309. The highest BCUT2D eigenvalue weighted by molar-refractivity contribution is 5.59. The van der Waals surface area contributed by atoms with Crippen molar-refractivity contribution in [1.29, 1.82) is 0 Å². The van der Waals surface area contributed by atoms with Gasteiger partial charge in [-0.3, -0.25) is 0 Å². The van der Waals surface area contributed by atoms with Gasteiger partial charge >= 0.3 is 0 Å². The Hall–Kier alpha value is -0.980. The number of hydrogen-bond acceptors (Lipinski definition) is 0. The van der Waals surface area contributed by atoms with Gasteiger partial charge in [0.1, 0.15) is 0 Å². The summed E-state index contributed by atoms with van der Waals surface area (Å²) in [4.78, 5) is 3.73. The first-order valence-corrected chi connectivity index (χ1v) is 23.1. The van der Waals surface area contributed by atoms with Crippen LogP contribution in [0.15, 0.2) is 18.3 Å². The Morgan fingerprint density at radius 2 is 0.694 bits per heavy atom. The molecule has 0 unspecified atom stereocenters. The molecule has 0 radical (unpaired) electrons. The van der Waals surface area contributed by atoms with E-state index in [4.69, 9.17) is 0 Å². The van der Waals surface area contributed by atoms with E-state index in [1.54, 1.807) is 5.56 Å². The van der Waals surface area contributed by atoms with Gasteiger partial charge < -0.3 is 4.98 Å². The summed E-state index contributed by atoms with van der Waals surface area (Å²) in [7, 11) is 0. The first-order chi connectivity index (χ1) is 24.2. The van der Waals surface area contributed by atoms with Crippen molar-refractivity contribution in [1.82, 2.24) is 4.98 Å². The molecule has 1 aliphatic rings. The predicted molar refractivity (Wildman–Crippen MR) is 223 cm³/mol. The summed E-state index contributed by atoms with van der Waals surface area (Å²) in [5.74, 6) is 0. The largest absolute Gasteiger partial charge is 0.361 e. The molecular weight excluding hydrogens is 591 g/mol. The van der Waals surface area contributed by atoms with Crippen molar-refractivity contribution in [3.63, 3.8) is 0 Å². The molecule has 1 heterocycles. The predicted octanol–water partition coefficient (Wildman–Crippen LogP) is 17.4. The normalized spacial score (nSPS) is 14.9. The van der Waals surface area contributed by atoms with Crippen molar-refractivity contribution >= 4 is 6.08 Å². The zero-order valence-corrected chi connectivity index (χ0v) is 34.3. The summed E-state index contributed by atoms with van der Waals surface area (Å²) in [5, 5.41) is 0. The van der Waals surface area contributed by atoms with Gasteiger partial charge in [0.15, 0.2) is 0 Å². The Labute approximate surface area is 309 Å². The van der Waals surface area contributed by atoms with E-state index in [0.717, 1.165) is 0 Å². The second-order valence-electron chi connectivity index (χ2n) is 16.8. The Morgan fingerprint density at radius 3 is 1.04 bits per heavy atom. The molecule has 49 heavy (non-hydrogen) atoms. The number of hydrogen-bond donors (Lipinski definition) is 1. The van der Waals surface area contributed by atoms with Gasteiger partial charge in [0.25, 0.3) is 0 Å². The highest BCUT2D eigenvalue weighted by atomic mass is 14.7. The number of nitrogens with one attached hydrogen (secondary N) is 1. The quantitative estimate of drug-likeness (QED) is 0.0680. The third kappa shape index (κ3) is 17.4. The van der Waals surface area contributed by atoms with Gasteiger partial charge in [0.05, 0.1) is 0 Å². The Balaban J connectivity index is 2.22. The van der Waals surface area contributed by atoms with Crippen LogP contribution in [0.25, 0.3) is 6.08 Å². The average Bonchev–Trinajstić information content (AvgIpc) is 3.60. The third-order valence-corrected chi connectivity index (χ3v) is 12.7. The van der Waals surface area contributed by atoms with Gasteiger partial charge in [-0.05, 0) is 48.8 Å². The van der Waals surface area contributed by atoms with E-state index in [1.807, 2.05) is 0 Å². The molecule has 1 N–H and O–H groups in total. The van der Waals surface area contributed by atoms with Crippen molar-refractivity contribution in [3.8, 4) is 0 Å². The minimum Gasteiger partial charge on any atom is -0.361 e. The molecule has 1 aliphatic carbocycles. The maximum atomic E-state index is 3.73. The van der Waals surface area contributed by atoms with Gasteiger partial charge in [-0.25, -0.2) is 0 Å². The molecular formula is C48H89N. The maximum Gasteiger partial charge on any atom is 0.0415 e. The van der Waals surface area contributed by atoms with E-state index in [0.29, 0.717) is 10.8 Å². The highest BCUT2D eigenvalue weighted by Gasteiger charge is 2.51. The SMILES string of the molecule is CCCCCCCCCCC1(CCCCCCCCCC)C=Cc2[nH]ccc2C1(CCCCCCCCCC)CCCCCCCCCC. The zero-order valence-electron chi connectivity index (χ0n) is 34.3. The topological polar surface area (TPSA) is 15.8 Å². The van der Waals surface area contributed by atoms with Crippen LogP contribution in [-0.2, 0) is 5.41 Å². The molecule has 1 nitrogen and oxygen atoms in total. The zero-order chi connectivity index (χ0) is 35.1. The van der Waals surface area contributed by atoms with Crippen LogP contribution in [0.1, 0.15) is 270 Å². The molecule has 0 saturated carbocycles. The van der Waals surface area contributed by atoms with Crippen molar-refractivity contribution in [2.24, 2.45) is 5.41 Å². The Kier molecular flexibility index (Phi) is 26.7. The van der Waals surface area contributed by atoms with Crippen LogP contribution < -0.4 is 0 Å². The fourth-order valence-corrected chi connectivity index (χ4v) is 9.54. The third-order valence-electron chi connectivity index (χ3n) is 12.7. The molecule has 1 aromatic heterocycles. The standard InChI is InChI=1S/C48H89N/c1-5-9-13-17-21-25-29-33-39-47(40-34-30-26-22-18-14-10-6-2)43-37-46-45(38-44-49-46)48(47,41-35-31-27-23-19-15-11-7-3)42-36-32-28-24-20-16-12-8-4/h37-38,43-44,49H,5-36,39-42H2,1-4H3. The summed E-state index contributed by atoms with van der Waals surface area (Å²) in [6, 6.07) is 2.55. The van der Waals surface area contributed by atoms with Crippen LogP contribution in [0.2, 0.25) is 0 Å². The number of rotatable bonds is 36. The number of aromatic amines is 1. The number of aromatic nitrogens is 1. The molecule has 0 aliphatic heterocycles. The first-order valence-electron chi connectivity index (χ1n) is 23.1. The monoisotopic (exact) mass is 680 g/mol. The molecule has 286 valence electrons. The Bertz CT molecular complexity index is 835. The van der Waals surface area contributed by atoms with E-state index >= 15 is 0 Å². The second kappa shape index (κ2) is 29.6. The number of allylic oxidation sites excluding steroid dienone is 1. The van der Waals surface area contributed by atoms with Gasteiger partial charge in [0, 0.05) is 17.3 Å². The lowest BCUT2D eigenvalue weighted by Crippen LogP contribution is -2.47. The fourth-order valence-electron chi connectivity index (χ4n) is 9.54. The summed E-state index contributed by atoms with van der Waals surface area (Å²) in [6.45, 7) is 9.36. The smallest absolute Gasteiger partial charge is 0.0415 e. The lowest BCUT2D eigenvalue weighted by Gasteiger charge is -2.53.